The van der Waals surface area contributed by atoms with E-state index in [9.17, 15) is 9.59 Å². The molecule has 1 amide bonds. The van der Waals surface area contributed by atoms with Gasteiger partial charge in [-0.25, -0.2) is 4.79 Å². The molecule has 0 radical (unpaired) electrons. The van der Waals surface area contributed by atoms with Crippen LogP contribution in [-0.4, -0.2) is 22.9 Å². The van der Waals surface area contributed by atoms with Gasteiger partial charge in [0.1, 0.15) is 18.3 Å². The predicted octanol–water partition coefficient (Wildman–Crippen LogP) is 4.32. The average Bonchev–Trinajstić information content (AvgIpc) is 2.83. The molecule has 0 fully saturated rings. The lowest BCUT2D eigenvalue weighted by molar-refractivity contribution is -0.147. The van der Waals surface area contributed by atoms with Crippen LogP contribution in [0.4, 0.5) is 0 Å². The van der Waals surface area contributed by atoms with E-state index in [0.717, 1.165) is 21.9 Å². The topological polar surface area (TPSA) is 68.3 Å². The first-order valence-corrected chi connectivity index (χ1v) is 10.1. The monoisotopic (exact) mass is 410 g/mol. The van der Waals surface area contributed by atoms with E-state index in [1.807, 2.05) is 84.9 Å². The summed E-state index contributed by atoms with van der Waals surface area (Å²) in [4.78, 5) is 30.0. The molecule has 0 aliphatic carbocycles. The molecule has 0 aliphatic heterocycles. The molecule has 1 atom stereocenters. The Bertz CT molecular complexity index is 1180. The molecule has 5 heteroatoms. The van der Waals surface area contributed by atoms with E-state index < -0.39 is 17.9 Å². The van der Waals surface area contributed by atoms with E-state index in [0.29, 0.717) is 6.42 Å². The quantitative estimate of drug-likeness (QED) is 0.461. The predicted molar refractivity (Wildman–Crippen MR) is 119 cm³/mol. The minimum absolute atomic E-state index is 0.148. The third-order valence-corrected chi connectivity index (χ3v) is 4.96. The minimum Gasteiger partial charge on any atom is -0.459 e. The molecule has 4 aromatic rings. The van der Waals surface area contributed by atoms with E-state index in [4.69, 9.17) is 4.74 Å². The molecule has 0 bridgehead atoms. The zero-order valence-corrected chi connectivity index (χ0v) is 16.9. The highest BCUT2D eigenvalue weighted by Crippen LogP contribution is 2.14. The number of hydrogen-bond donors (Lipinski definition) is 1. The summed E-state index contributed by atoms with van der Waals surface area (Å²) >= 11 is 0. The lowest BCUT2D eigenvalue weighted by atomic mass is 10.1. The van der Waals surface area contributed by atoms with Crippen LogP contribution in [0.25, 0.3) is 10.8 Å². The van der Waals surface area contributed by atoms with E-state index in [-0.39, 0.29) is 12.3 Å². The van der Waals surface area contributed by atoms with Crippen LogP contribution in [0, 0.1) is 0 Å². The Balaban J connectivity index is 1.51. The van der Waals surface area contributed by atoms with Crippen molar-refractivity contribution in [2.45, 2.75) is 19.1 Å². The van der Waals surface area contributed by atoms with Crippen molar-refractivity contribution in [2.24, 2.45) is 0 Å². The normalized spacial score (nSPS) is 11.6. The van der Waals surface area contributed by atoms with Gasteiger partial charge in [0.2, 0.25) is 0 Å². The molecule has 0 spiro atoms. The number of aromatic nitrogens is 1. The van der Waals surface area contributed by atoms with E-state index in [1.165, 1.54) is 0 Å². The third-order valence-electron chi connectivity index (χ3n) is 4.96. The van der Waals surface area contributed by atoms with Gasteiger partial charge in [-0.3, -0.25) is 9.78 Å². The molecule has 1 N–H and O–H groups in total. The number of amides is 1. The second kappa shape index (κ2) is 9.67. The van der Waals surface area contributed by atoms with Gasteiger partial charge in [-0.05, 0) is 22.6 Å². The van der Waals surface area contributed by atoms with Crippen LogP contribution >= 0.6 is 0 Å². The molecule has 0 unspecified atom stereocenters. The maximum Gasteiger partial charge on any atom is 0.329 e. The van der Waals surface area contributed by atoms with Crippen LogP contribution in [0.5, 0.6) is 0 Å². The van der Waals surface area contributed by atoms with Crippen molar-refractivity contribution in [3.8, 4) is 0 Å². The van der Waals surface area contributed by atoms with Gasteiger partial charge < -0.3 is 10.1 Å². The van der Waals surface area contributed by atoms with Crippen LogP contribution < -0.4 is 5.32 Å². The lowest BCUT2D eigenvalue weighted by Gasteiger charge is -2.18. The van der Waals surface area contributed by atoms with Crippen LogP contribution in [0.3, 0.4) is 0 Å². The van der Waals surface area contributed by atoms with Crippen molar-refractivity contribution in [2.75, 3.05) is 0 Å². The Labute approximate surface area is 180 Å². The fourth-order valence-corrected chi connectivity index (χ4v) is 3.31. The van der Waals surface area contributed by atoms with E-state index in [1.54, 1.807) is 12.3 Å². The zero-order valence-electron chi connectivity index (χ0n) is 16.9. The number of benzene rings is 3. The number of esters is 1. The largest absolute Gasteiger partial charge is 0.459 e. The van der Waals surface area contributed by atoms with Gasteiger partial charge in [0.05, 0.1) is 0 Å². The van der Waals surface area contributed by atoms with Crippen molar-refractivity contribution in [1.82, 2.24) is 10.3 Å². The van der Waals surface area contributed by atoms with Crippen molar-refractivity contribution in [1.29, 1.82) is 0 Å². The fraction of sp³-hybridized carbons (Fsp3) is 0.115. The molecule has 1 heterocycles. The summed E-state index contributed by atoms with van der Waals surface area (Å²) in [6.07, 6.45) is 1.98. The summed E-state index contributed by atoms with van der Waals surface area (Å²) in [6.45, 7) is 0.148. The molecule has 5 nitrogen and oxygen atoms in total. The number of fused-ring (bicyclic) bond motifs is 1. The first-order valence-electron chi connectivity index (χ1n) is 10.1. The summed E-state index contributed by atoms with van der Waals surface area (Å²) < 4.78 is 5.50. The minimum atomic E-state index is -0.827. The highest BCUT2D eigenvalue weighted by atomic mass is 16.5. The standard InChI is InChI=1S/C26H22N2O3/c29-25(23-16-21-13-7-8-14-22(21)17-27-23)28-24(15-19-9-3-1-4-10-19)26(30)31-18-20-11-5-2-6-12-20/h1-14,16-17,24H,15,18H2,(H,28,29)/t24-/m0/s1. The molecule has 154 valence electrons. The molecule has 0 saturated heterocycles. The third kappa shape index (κ3) is 5.34. The molecule has 4 rings (SSSR count). The van der Waals surface area contributed by atoms with Crippen LogP contribution in [0.2, 0.25) is 0 Å². The SMILES string of the molecule is O=C(N[C@@H](Cc1ccccc1)C(=O)OCc1ccccc1)c1cc2ccccc2cn1. The first kappa shape index (κ1) is 20.3. The average molecular weight is 410 g/mol. The number of carbonyl (C=O) groups is 2. The molecular weight excluding hydrogens is 388 g/mol. The van der Waals surface area contributed by atoms with Crippen molar-refractivity contribution in [3.05, 3.63) is 114 Å². The number of nitrogens with one attached hydrogen (secondary N) is 1. The summed E-state index contributed by atoms with van der Waals surface area (Å²) in [7, 11) is 0. The highest BCUT2D eigenvalue weighted by Gasteiger charge is 2.24. The number of rotatable bonds is 7. The molecule has 3 aromatic carbocycles. The van der Waals surface area contributed by atoms with E-state index in [2.05, 4.69) is 10.3 Å². The maximum absolute atomic E-state index is 12.9. The number of nitrogens with zero attached hydrogens (tertiary/aromatic N) is 1. The smallest absolute Gasteiger partial charge is 0.329 e. The van der Waals surface area contributed by atoms with Crippen molar-refractivity contribution >= 4 is 22.6 Å². The maximum atomic E-state index is 12.9. The second-order valence-corrected chi connectivity index (χ2v) is 7.23. The number of pyridine rings is 1. The van der Waals surface area contributed by atoms with Gasteiger partial charge in [0, 0.05) is 18.0 Å². The van der Waals surface area contributed by atoms with E-state index >= 15 is 0 Å². The molecule has 31 heavy (non-hydrogen) atoms. The Morgan fingerprint density at radius 3 is 2.13 bits per heavy atom. The Hall–Kier alpha value is -3.99. The number of carbonyl (C=O) groups excluding carboxylic acids is 2. The molecular formula is C26H22N2O3. The lowest BCUT2D eigenvalue weighted by Crippen LogP contribution is -2.43. The van der Waals surface area contributed by atoms with Crippen LogP contribution in [0.15, 0.2) is 97.2 Å². The fourth-order valence-electron chi connectivity index (χ4n) is 3.31. The van der Waals surface area contributed by atoms with Crippen LogP contribution in [0.1, 0.15) is 21.6 Å². The second-order valence-electron chi connectivity index (χ2n) is 7.23. The highest BCUT2D eigenvalue weighted by molar-refractivity contribution is 5.98. The van der Waals surface area contributed by atoms with Gasteiger partial charge in [-0.2, -0.15) is 0 Å². The Kier molecular flexibility index (Phi) is 6.33. The summed E-state index contributed by atoms with van der Waals surface area (Å²) in [5.74, 6) is -0.898. The van der Waals surface area contributed by atoms with Gasteiger partial charge >= 0.3 is 5.97 Å². The Morgan fingerprint density at radius 2 is 1.42 bits per heavy atom. The molecule has 1 aromatic heterocycles. The Morgan fingerprint density at radius 1 is 0.806 bits per heavy atom. The van der Waals surface area contributed by atoms with Crippen LogP contribution in [-0.2, 0) is 22.6 Å². The summed E-state index contributed by atoms with van der Waals surface area (Å²) in [5, 5.41) is 4.66. The number of hydrogen-bond acceptors (Lipinski definition) is 4. The number of ether oxygens (including phenoxy) is 1. The summed E-state index contributed by atoms with van der Waals surface area (Å²) in [6, 6.07) is 27.6. The first-order chi connectivity index (χ1) is 15.2. The summed E-state index contributed by atoms with van der Waals surface area (Å²) in [5.41, 5.74) is 2.07. The van der Waals surface area contributed by atoms with Crippen molar-refractivity contribution in [3.63, 3.8) is 0 Å². The zero-order chi connectivity index (χ0) is 21.5. The molecule has 0 aliphatic rings. The van der Waals surface area contributed by atoms with Crippen molar-refractivity contribution < 1.29 is 14.3 Å². The van der Waals surface area contributed by atoms with Gasteiger partial charge in [0.15, 0.2) is 0 Å². The van der Waals surface area contributed by atoms with Gasteiger partial charge in [-0.15, -0.1) is 0 Å². The molecule has 0 saturated carbocycles. The van der Waals surface area contributed by atoms with Gasteiger partial charge in [-0.1, -0.05) is 84.9 Å². The van der Waals surface area contributed by atoms with Gasteiger partial charge in [0.25, 0.3) is 5.91 Å².